The van der Waals surface area contributed by atoms with E-state index in [1.165, 1.54) is 0 Å². The van der Waals surface area contributed by atoms with Crippen molar-refractivity contribution >= 4 is 11.8 Å². The lowest BCUT2D eigenvalue weighted by Crippen LogP contribution is -2.68. The molecule has 1 fully saturated rings. The van der Waals surface area contributed by atoms with Crippen LogP contribution in [0, 0.1) is 0 Å². The van der Waals surface area contributed by atoms with E-state index in [4.69, 9.17) is 0 Å². The molecule has 1 aliphatic rings. The van der Waals surface area contributed by atoms with Gasteiger partial charge in [-0.05, 0) is 12.5 Å². The van der Waals surface area contributed by atoms with Crippen LogP contribution >= 0.6 is 0 Å². The summed E-state index contributed by atoms with van der Waals surface area (Å²) >= 11 is 0. The number of nitrogens with zero attached hydrogens (tertiary/aromatic N) is 1. The highest BCUT2D eigenvalue weighted by Crippen LogP contribution is 2.13. The van der Waals surface area contributed by atoms with Crippen molar-refractivity contribution in [2.24, 2.45) is 0 Å². The van der Waals surface area contributed by atoms with Crippen molar-refractivity contribution in [2.75, 3.05) is 6.54 Å². The highest BCUT2D eigenvalue weighted by molar-refractivity contribution is 5.96. The molecule has 0 spiro atoms. The van der Waals surface area contributed by atoms with Crippen molar-refractivity contribution in [2.45, 2.75) is 18.9 Å². The minimum Gasteiger partial charge on any atom is -0.340 e. The zero-order valence-corrected chi connectivity index (χ0v) is 9.06. The van der Waals surface area contributed by atoms with Gasteiger partial charge in [0.25, 0.3) is 5.91 Å². The molecule has 1 radical (unpaired) electrons. The minimum absolute atomic E-state index is 0.142. The molecule has 4 heteroatoms. The fourth-order valence-corrected chi connectivity index (χ4v) is 1.61. The number of carbonyl (C=O) groups excluding carboxylic acids is 2. The maximum Gasteiger partial charge on any atom is 0.268 e. The van der Waals surface area contributed by atoms with Crippen molar-refractivity contribution in [3.8, 4) is 0 Å². The second-order valence-corrected chi connectivity index (χ2v) is 4.16. The van der Waals surface area contributed by atoms with E-state index in [0.29, 0.717) is 13.0 Å². The Bertz CT molecular complexity index is 416. The van der Waals surface area contributed by atoms with Crippen molar-refractivity contribution in [3.05, 3.63) is 35.9 Å². The summed E-state index contributed by atoms with van der Waals surface area (Å²) < 4.78 is 0. The van der Waals surface area contributed by atoms with E-state index >= 15 is 0 Å². The fraction of sp³-hybridized carbons (Fsp3) is 0.333. The van der Waals surface area contributed by atoms with Gasteiger partial charge < -0.3 is 5.32 Å². The molecule has 1 N–H and O–H groups in total. The van der Waals surface area contributed by atoms with Crippen LogP contribution in [-0.4, -0.2) is 23.9 Å². The number of amides is 2. The first-order valence-corrected chi connectivity index (χ1v) is 5.17. The van der Waals surface area contributed by atoms with E-state index < -0.39 is 5.54 Å². The zero-order chi connectivity index (χ0) is 11.6. The normalized spacial score (nSPS) is 23.2. The smallest absolute Gasteiger partial charge is 0.268 e. The van der Waals surface area contributed by atoms with Gasteiger partial charge in [-0.25, -0.2) is 5.32 Å². The van der Waals surface area contributed by atoms with E-state index in [0.717, 1.165) is 5.56 Å². The number of hydrogen-bond acceptors (Lipinski definition) is 2. The maximum atomic E-state index is 11.7. The molecule has 16 heavy (non-hydrogen) atoms. The molecule has 4 nitrogen and oxygen atoms in total. The molecule has 0 unspecified atom stereocenters. The van der Waals surface area contributed by atoms with Crippen molar-refractivity contribution in [3.63, 3.8) is 0 Å². The van der Waals surface area contributed by atoms with Crippen LogP contribution in [0.1, 0.15) is 12.5 Å². The number of rotatable bonds is 3. The molecule has 1 heterocycles. The lowest BCUT2D eigenvalue weighted by Gasteiger charge is -2.35. The lowest BCUT2D eigenvalue weighted by atomic mass is 9.93. The second kappa shape index (κ2) is 3.96. The van der Waals surface area contributed by atoms with Crippen LogP contribution in [0.5, 0.6) is 0 Å². The third-order valence-corrected chi connectivity index (χ3v) is 2.63. The average Bonchev–Trinajstić information content (AvgIpc) is 2.28. The largest absolute Gasteiger partial charge is 0.340 e. The Morgan fingerprint density at radius 1 is 1.44 bits per heavy atom. The predicted molar refractivity (Wildman–Crippen MR) is 58.7 cm³/mol. The number of hydrogen-bond donors (Lipinski definition) is 1. The summed E-state index contributed by atoms with van der Waals surface area (Å²) in [4.78, 5) is 22.8. The molecule has 2 amide bonds. The third-order valence-electron chi connectivity index (χ3n) is 2.63. The highest BCUT2D eigenvalue weighted by atomic mass is 16.2. The summed E-state index contributed by atoms with van der Waals surface area (Å²) in [6, 6.07) is 9.43. The van der Waals surface area contributed by atoms with Gasteiger partial charge in [0.2, 0.25) is 5.91 Å². The first-order valence-electron chi connectivity index (χ1n) is 5.17. The predicted octanol–water partition coefficient (Wildman–Crippen LogP) is 0.249. The molecule has 0 aliphatic carbocycles. The second-order valence-electron chi connectivity index (χ2n) is 4.16. The highest BCUT2D eigenvalue weighted by Gasteiger charge is 2.44. The quantitative estimate of drug-likeness (QED) is 0.738. The number of β-lactam (4-membered cyclic amide) rings is 1. The summed E-state index contributed by atoms with van der Waals surface area (Å²) in [5, 5.41) is 6.34. The monoisotopic (exact) mass is 217 g/mol. The lowest BCUT2D eigenvalue weighted by molar-refractivity contribution is -0.139. The molecule has 2 rings (SSSR count). The number of nitrogens with one attached hydrogen (secondary N) is 1. The summed E-state index contributed by atoms with van der Waals surface area (Å²) in [5.74, 6) is -0.383. The van der Waals surface area contributed by atoms with Gasteiger partial charge in [0.1, 0.15) is 5.54 Å². The van der Waals surface area contributed by atoms with E-state index in [1.807, 2.05) is 30.3 Å². The first kappa shape index (κ1) is 10.7. The Balaban J connectivity index is 1.92. The van der Waals surface area contributed by atoms with Crippen LogP contribution in [0.2, 0.25) is 0 Å². The maximum absolute atomic E-state index is 11.7. The fourth-order valence-electron chi connectivity index (χ4n) is 1.61. The van der Waals surface area contributed by atoms with Gasteiger partial charge in [-0.2, -0.15) is 0 Å². The van der Waals surface area contributed by atoms with Crippen LogP contribution in [0.3, 0.4) is 0 Å². The topological polar surface area (TPSA) is 60.3 Å². The van der Waals surface area contributed by atoms with Crippen LogP contribution < -0.4 is 10.6 Å². The molecule has 0 bridgehead atoms. The standard InChI is InChI=1S/C12H13N2O2/c1-12(8-13-11(12)16)14-10(15)7-9-5-3-2-4-6-9/h2-6H,7-8H2,1H3,(H,14,15)/t12-/m0/s1. The van der Waals surface area contributed by atoms with Gasteiger partial charge in [-0.1, -0.05) is 30.3 Å². The van der Waals surface area contributed by atoms with Crippen LogP contribution in [0.25, 0.3) is 0 Å². The molecular formula is C12H13N2O2. The molecule has 1 aromatic carbocycles. The molecule has 1 aliphatic heterocycles. The van der Waals surface area contributed by atoms with E-state index in [2.05, 4.69) is 10.6 Å². The van der Waals surface area contributed by atoms with Crippen LogP contribution in [0.4, 0.5) is 0 Å². The van der Waals surface area contributed by atoms with Crippen molar-refractivity contribution in [1.82, 2.24) is 10.6 Å². The summed E-state index contributed by atoms with van der Waals surface area (Å²) in [6.45, 7) is 2.08. The Labute approximate surface area is 94.0 Å². The Kier molecular flexibility index (Phi) is 2.64. The minimum atomic E-state index is -0.772. The SMILES string of the molecule is C[C@]1(NC(=O)Cc2ccccc2)C[N]C1=O. The van der Waals surface area contributed by atoms with E-state index in [9.17, 15) is 9.59 Å². The van der Waals surface area contributed by atoms with Gasteiger partial charge >= 0.3 is 0 Å². The molecule has 1 atom stereocenters. The molecule has 0 saturated carbocycles. The Morgan fingerprint density at radius 3 is 2.62 bits per heavy atom. The average molecular weight is 217 g/mol. The molecule has 1 aromatic rings. The molecular weight excluding hydrogens is 204 g/mol. The first-order chi connectivity index (χ1) is 7.60. The van der Waals surface area contributed by atoms with Gasteiger partial charge in [-0.3, -0.25) is 9.59 Å². The van der Waals surface area contributed by atoms with Gasteiger partial charge in [0.05, 0.1) is 13.0 Å². The zero-order valence-electron chi connectivity index (χ0n) is 9.06. The third kappa shape index (κ3) is 2.05. The van der Waals surface area contributed by atoms with Crippen molar-refractivity contribution < 1.29 is 9.59 Å². The van der Waals surface area contributed by atoms with Gasteiger partial charge in [0, 0.05) is 0 Å². The van der Waals surface area contributed by atoms with Crippen molar-refractivity contribution in [1.29, 1.82) is 0 Å². The van der Waals surface area contributed by atoms with Gasteiger partial charge in [0.15, 0.2) is 0 Å². The van der Waals surface area contributed by atoms with Gasteiger partial charge in [-0.15, -0.1) is 0 Å². The Hall–Kier alpha value is -1.84. The van der Waals surface area contributed by atoms with Crippen LogP contribution in [0.15, 0.2) is 30.3 Å². The summed E-state index contributed by atoms with van der Waals surface area (Å²) in [6.07, 6.45) is 0.295. The molecule has 83 valence electrons. The number of carbonyl (C=O) groups is 2. The summed E-state index contributed by atoms with van der Waals surface area (Å²) in [7, 11) is 0. The Morgan fingerprint density at radius 2 is 2.12 bits per heavy atom. The van der Waals surface area contributed by atoms with E-state index in [-0.39, 0.29) is 11.8 Å². The van der Waals surface area contributed by atoms with E-state index in [1.54, 1.807) is 6.92 Å². The summed E-state index contributed by atoms with van der Waals surface area (Å²) in [5.41, 5.74) is 0.165. The molecule has 1 saturated heterocycles. The van der Waals surface area contributed by atoms with Crippen LogP contribution in [-0.2, 0) is 16.0 Å². The molecule has 0 aromatic heterocycles. The number of benzene rings is 1.